The summed E-state index contributed by atoms with van der Waals surface area (Å²) in [5.41, 5.74) is 1.94. The van der Waals surface area contributed by atoms with Crippen LogP contribution < -0.4 is 0 Å². The highest BCUT2D eigenvalue weighted by Crippen LogP contribution is 2.17. The minimum absolute atomic E-state index is 0.149. The molecule has 0 atom stereocenters. The molecule has 1 saturated heterocycles. The van der Waals surface area contributed by atoms with E-state index in [9.17, 15) is 4.79 Å². The minimum Gasteiger partial charge on any atom is -0.343 e. The van der Waals surface area contributed by atoms with Crippen molar-refractivity contribution in [1.29, 1.82) is 5.26 Å². The molecule has 2 rings (SSSR count). The van der Waals surface area contributed by atoms with E-state index in [0.29, 0.717) is 11.6 Å². The standard InChI is InChI=1S/C16H21N3O/c1-13(20)18(2)16-7-9-19(10-8-16)12-15-5-3-14(11-17)4-6-15/h3-6,16H,7-10,12H2,1-2H3. The molecule has 4 heteroatoms. The van der Waals surface area contributed by atoms with Crippen LogP contribution in [0.1, 0.15) is 30.9 Å². The Morgan fingerprint density at radius 3 is 2.45 bits per heavy atom. The van der Waals surface area contributed by atoms with Gasteiger partial charge in [0, 0.05) is 39.6 Å². The molecule has 1 fully saturated rings. The van der Waals surface area contributed by atoms with E-state index in [2.05, 4.69) is 11.0 Å². The fourth-order valence-electron chi connectivity index (χ4n) is 2.66. The number of likely N-dealkylation sites (tertiary alicyclic amines) is 1. The van der Waals surface area contributed by atoms with E-state index in [1.807, 2.05) is 36.2 Å². The van der Waals surface area contributed by atoms with E-state index in [1.165, 1.54) is 5.56 Å². The van der Waals surface area contributed by atoms with Gasteiger partial charge in [-0.1, -0.05) is 12.1 Å². The molecular weight excluding hydrogens is 250 g/mol. The van der Waals surface area contributed by atoms with Crippen LogP contribution in [0.25, 0.3) is 0 Å². The Bertz CT molecular complexity index is 495. The van der Waals surface area contributed by atoms with Gasteiger partial charge in [0.1, 0.15) is 0 Å². The number of piperidine rings is 1. The number of benzene rings is 1. The molecule has 1 amide bonds. The summed E-state index contributed by atoms with van der Waals surface area (Å²) in [7, 11) is 1.89. The monoisotopic (exact) mass is 271 g/mol. The lowest BCUT2D eigenvalue weighted by atomic mass is 10.0. The summed E-state index contributed by atoms with van der Waals surface area (Å²) >= 11 is 0. The van der Waals surface area contributed by atoms with Gasteiger partial charge < -0.3 is 4.90 Å². The smallest absolute Gasteiger partial charge is 0.219 e. The zero-order valence-electron chi connectivity index (χ0n) is 12.2. The first-order valence-electron chi connectivity index (χ1n) is 7.05. The summed E-state index contributed by atoms with van der Waals surface area (Å²) in [6.45, 7) is 4.58. The molecule has 20 heavy (non-hydrogen) atoms. The maximum absolute atomic E-state index is 11.4. The van der Waals surface area contributed by atoms with Gasteiger partial charge in [0.15, 0.2) is 0 Å². The molecule has 1 aliphatic rings. The van der Waals surface area contributed by atoms with E-state index < -0.39 is 0 Å². The number of carbonyl (C=O) groups excluding carboxylic acids is 1. The van der Waals surface area contributed by atoms with Gasteiger partial charge in [0.05, 0.1) is 11.6 Å². The lowest BCUT2D eigenvalue weighted by molar-refractivity contribution is -0.130. The average Bonchev–Trinajstić information content (AvgIpc) is 2.48. The van der Waals surface area contributed by atoms with Gasteiger partial charge in [-0.05, 0) is 30.5 Å². The molecule has 0 aromatic heterocycles. The fourth-order valence-corrected chi connectivity index (χ4v) is 2.66. The normalized spacial score (nSPS) is 16.6. The second-order valence-corrected chi connectivity index (χ2v) is 5.45. The molecule has 0 N–H and O–H groups in total. The minimum atomic E-state index is 0.149. The van der Waals surface area contributed by atoms with E-state index in [1.54, 1.807) is 6.92 Å². The Hall–Kier alpha value is -1.86. The molecule has 1 aromatic carbocycles. The highest BCUT2D eigenvalue weighted by Gasteiger charge is 2.23. The quantitative estimate of drug-likeness (QED) is 0.845. The summed E-state index contributed by atoms with van der Waals surface area (Å²) < 4.78 is 0. The molecule has 0 bridgehead atoms. The summed E-state index contributed by atoms with van der Waals surface area (Å²) in [5.74, 6) is 0.149. The summed E-state index contributed by atoms with van der Waals surface area (Å²) in [6.07, 6.45) is 2.07. The number of hydrogen-bond acceptors (Lipinski definition) is 3. The van der Waals surface area contributed by atoms with Gasteiger partial charge in [-0.15, -0.1) is 0 Å². The summed E-state index contributed by atoms with van der Waals surface area (Å²) in [5, 5.41) is 8.78. The molecule has 0 aliphatic carbocycles. The largest absolute Gasteiger partial charge is 0.343 e. The molecule has 1 aromatic rings. The lowest BCUT2D eigenvalue weighted by Gasteiger charge is -2.36. The van der Waals surface area contributed by atoms with Crippen LogP contribution in [0.15, 0.2) is 24.3 Å². The van der Waals surface area contributed by atoms with Gasteiger partial charge in [-0.2, -0.15) is 5.26 Å². The molecule has 0 saturated carbocycles. The second-order valence-electron chi connectivity index (χ2n) is 5.45. The van der Waals surface area contributed by atoms with Gasteiger partial charge in [-0.25, -0.2) is 0 Å². The van der Waals surface area contributed by atoms with Crippen molar-refractivity contribution >= 4 is 5.91 Å². The van der Waals surface area contributed by atoms with Crippen LogP contribution in [0.2, 0.25) is 0 Å². The molecule has 0 unspecified atom stereocenters. The summed E-state index contributed by atoms with van der Waals surface area (Å²) in [4.78, 5) is 15.6. The Morgan fingerprint density at radius 2 is 1.95 bits per heavy atom. The van der Waals surface area contributed by atoms with Gasteiger partial charge in [0.2, 0.25) is 5.91 Å². The van der Waals surface area contributed by atoms with E-state index >= 15 is 0 Å². The van der Waals surface area contributed by atoms with E-state index in [4.69, 9.17) is 5.26 Å². The maximum atomic E-state index is 11.4. The predicted molar refractivity (Wildman–Crippen MR) is 77.9 cm³/mol. The Labute approximate surface area is 120 Å². The first-order valence-corrected chi connectivity index (χ1v) is 7.05. The van der Waals surface area contributed by atoms with Crippen LogP contribution in [0, 0.1) is 11.3 Å². The zero-order valence-corrected chi connectivity index (χ0v) is 12.2. The lowest BCUT2D eigenvalue weighted by Crippen LogP contribution is -2.44. The van der Waals surface area contributed by atoms with Gasteiger partial charge >= 0.3 is 0 Å². The van der Waals surface area contributed by atoms with Crippen molar-refractivity contribution < 1.29 is 4.79 Å². The SMILES string of the molecule is CC(=O)N(C)C1CCN(Cc2ccc(C#N)cc2)CC1. The van der Waals surface area contributed by atoms with Crippen molar-refractivity contribution in [3.8, 4) is 6.07 Å². The van der Waals surface area contributed by atoms with Crippen molar-refractivity contribution in [3.05, 3.63) is 35.4 Å². The summed E-state index contributed by atoms with van der Waals surface area (Å²) in [6, 6.07) is 10.3. The zero-order chi connectivity index (χ0) is 14.5. The first-order chi connectivity index (χ1) is 9.60. The Balaban J connectivity index is 1.85. The van der Waals surface area contributed by atoms with Crippen LogP contribution in [-0.4, -0.2) is 41.9 Å². The van der Waals surface area contributed by atoms with Crippen molar-refractivity contribution in [2.75, 3.05) is 20.1 Å². The van der Waals surface area contributed by atoms with Crippen LogP contribution in [0.3, 0.4) is 0 Å². The van der Waals surface area contributed by atoms with E-state index in [-0.39, 0.29) is 5.91 Å². The van der Waals surface area contributed by atoms with Crippen LogP contribution >= 0.6 is 0 Å². The molecular formula is C16H21N3O. The Kier molecular flexibility index (Phi) is 4.75. The number of hydrogen-bond donors (Lipinski definition) is 0. The first kappa shape index (κ1) is 14.5. The van der Waals surface area contributed by atoms with Crippen LogP contribution in [0.5, 0.6) is 0 Å². The Morgan fingerprint density at radius 1 is 1.35 bits per heavy atom. The number of nitriles is 1. The molecule has 0 radical (unpaired) electrons. The fraction of sp³-hybridized carbons (Fsp3) is 0.500. The van der Waals surface area contributed by atoms with E-state index in [0.717, 1.165) is 32.5 Å². The molecule has 4 nitrogen and oxygen atoms in total. The molecule has 106 valence electrons. The topological polar surface area (TPSA) is 47.3 Å². The molecule has 1 aliphatic heterocycles. The van der Waals surface area contributed by atoms with Crippen molar-refractivity contribution in [1.82, 2.24) is 9.80 Å². The maximum Gasteiger partial charge on any atom is 0.219 e. The van der Waals surface area contributed by atoms with Crippen molar-refractivity contribution in [2.24, 2.45) is 0 Å². The highest BCUT2D eigenvalue weighted by atomic mass is 16.2. The van der Waals surface area contributed by atoms with Gasteiger partial charge in [0.25, 0.3) is 0 Å². The third kappa shape index (κ3) is 3.58. The predicted octanol–water partition coefficient (Wildman–Crippen LogP) is 2.00. The van der Waals surface area contributed by atoms with Crippen LogP contribution in [0.4, 0.5) is 0 Å². The third-order valence-corrected chi connectivity index (χ3v) is 4.09. The average molecular weight is 271 g/mol. The number of rotatable bonds is 3. The highest BCUT2D eigenvalue weighted by molar-refractivity contribution is 5.73. The molecule has 0 spiro atoms. The third-order valence-electron chi connectivity index (χ3n) is 4.09. The second kappa shape index (κ2) is 6.53. The number of carbonyl (C=O) groups is 1. The van der Waals surface area contributed by atoms with Crippen molar-refractivity contribution in [3.63, 3.8) is 0 Å². The molecule has 1 heterocycles. The number of nitrogens with zero attached hydrogens (tertiary/aromatic N) is 3. The van der Waals surface area contributed by atoms with Gasteiger partial charge in [-0.3, -0.25) is 9.69 Å². The number of amides is 1. The van der Waals surface area contributed by atoms with Crippen molar-refractivity contribution in [2.45, 2.75) is 32.4 Å². The van der Waals surface area contributed by atoms with Crippen LogP contribution in [-0.2, 0) is 11.3 Å².